The molecule has 0 amide bonds. The molecule has 0 spiro atoms. The molecule has 4 aliphatic rings. The number of fused-ring (bicyclic) bond motifs is 5. The fourth-order valence-corrected chi connectivity index (χ4v) is 8.90. The van der Waals surface area contributed by atoms with Gasteiger partial charge < -0.3 is 20.4 Å². The molecule has 5 nitrogen and oxygen atoms in total. The molecule has 0 heterocycles. The number of aliphatic hydroxyl groups excluding tert-OH is 1. The zero-order valence-electron chi connectivity index (χ0n) is 18.3. The highest BCUT2D eigenvalue weighted by Crippen LogP contribution is 2.69. The number of carboxylic acid groups (broad SMARTS) is 1. The Hall–Kier alpha value is -0.650. The molecule has 0 aromatic heterocycles. The maximum Gasteiger partial charge on any atom is 0.303 e. The Bertz CT molecular complexity index is 647. The van der Waals surface area contributed by atoms with Crippen molar-refractivity contribution in [3.8, 4) is 0 Å². The van der Waals surface area contributed by atoms with Crippen molar-refractivity contribution in [2.75, 3.05) is 0 Å². The van der Waals surface area contributed by atoms with Crippen LogP contribution in [0.15, 0.2) is 0 Å². The molecule has 0 saturated heterocycles. The minimum Gasteiger partial charge on any atom is -0.481 e. The molecular weight excluding hydrogens is 368 g/mol. The van der Waals surface area contributed by atoms with Crippen LogP contribution in [-0.2, 0) is 4.79 Å². The molecule has 0 aromatic carbocycles. The maximum atomic E-state index is 11.1. The molecule has 29 heavy (non-hydrogen) atoms. The molecular formula is C24H40O5. The van der Waals surface area contributed by atoms with Gasteiger partial charge in [-0.1, -0.05) is 20.8 Å². The molecule has 4 N–H and O–H groups in total. The third-order valence-electron chi connectivity index (χ3n) is 10.5. The molecule has 4 saturated carbocycles. The van der Waals surface area contributed by atoms with Gasteiger partial charge in [0.2, 0.25) is 0 Å². The molecule has 4 fully saturated rings. The van der Waals surface area contributed by atoms with Gasteiger partial charge >= 0.3 is 5.97 Å². The molecule has 9 atom stereocenters. The van der Waals surface area contributed by atoms with E-state index >= 15 is 0 Å². The fraction of sp³-hybridized carbons (Fsp3) is 0.958. The van der Waals surface area contributed by atoms with Crippen LogP contribution in [0.1, 0.15) is 85.0 Å². The van der Waals surface area contributed by atoms with Crippen LogP contribution in [0.3, 0.4) is 0 Å². The predicted octanol–water partition coefficient (Wildman–Crippen LogP) is 3.80. The number of hydrogen-bond donors (Lipinski definition) is 4. The van der Waals surface area contributed by atoms with Crippen LogP contribution in [0.2, 0.25) is 0 Å². The summed E-state index contributed by atoms with van der Waals surface area (Å²) >= 11 is 0. The Morgan fingerprint density at radius 2 is 1.69 bits per heavy atom. The standard InChI is InChI=1S/C24H40O5/c1-14(4-11-21(26)27)17-8-9-18-16-7-5-15-6-10-20(25)24(28,29)23(15,3)19(16)12-13-22(17,18)2/h14-20,25,28-29H,4-13H2,1-3H3,(H,26,27)/t14-,15+,16+,17-,18+,19+,20?,22-,23+/m1/s1. The van der Waals surface area contributed by atoms with Crippen molar-refractivity contribution in [3.63, 3.8) is 0 Å². The topological polar surface area (TPSA) is 98.0 Å². The summed E-state index contributed by atoms with van der Waals surface area (Å²) in [6.45, 7) is 6.70. The average molecular weight is 409 g/mol. The normalized spacial score (nSPS) is 49.6. The first-order valence-corrected chi connectivity index (χ1v) is 11.9. The largest absolute Gasteiger partial charge is 0.481 e. The zero-order chi connectivity index (χ0) is 21.2. The van der Waals surface area contributed by atoms with Gasteiger partial charge in [-0.05, 0) is 98.7 Å². The van der Waals surface area contributed by atoms with Crippen LogP contribution in [0.4, 0.5) is 0 Å². The van der Waals surface area contributed by atoms with E-state index in [1.54, 1.807) is 0 Å². The minimum absolute atomic E-state index is 0.225. The van der Waals surface area contributed by atoms with Crippen LogP contribution < -0.4 is 0 Å². The second-order valence-electron chi connectivity index (χ2n) is 11.4. The first kappa shape index (κ1) is 21.6. The summed E-state index contributed by atoms with van der Waals surface area (Å²) in [6.07, 6.45) is 7.91. The van der Waals surface area contributed by atoms with Crippen molar-refractivity contribution < 1.29 is 25.2 Å². The summed E-state index contributed by atoms with van der Waals surface area (Å²) in [7, 11) is 0. The Labute approximate surface area is 174 Å². The van der Waals surface area contributed by atoms with Crippen LogP contribution in [0.25, 0.3) is 0 Å². The smallest absolute Gasteiger partial charge is 0.303 e. The number of hydrogen-bond acceptors (Lipinski definition) is 4. The highest BCUT2D eigenvalue weighted by molar-refractivity contribution is 5.66. The quantitative estimate of drug-likeness (QED) is 0.531. The van der Waals surface area contributed by atoms with E-state index in [1.165, 1.54) is 6.42 Å². The SMILES string of the molecule is C[C@H](CCC(=O)O)[C@H]1CC[C@H]2[C@@H]3CC[C@H]4CCC(O)C(O)(O)[C@]4(C)[C@H]3CC[C@]12C. The van der Waals surface area contributed by atoms with Gasteiger partial charge in [0.1, 0.15) is 6.10 Å². The molecule has 0 aromatic rings. The average Bonchev–Trinajstić information content (AvgIpc) is 3.01. The van der Waals surface area contributed by atoms with Gasteiger partial charge in [0.15, 0.2) is 5.79 Å². The Morgan fingerprint density at radius 3 is 2.38 bits per heavy atom. The summed E-state index contributed by atoms with van der Waals surface area (Å²) < 4.78 is 0. The number of aliphatic carboxylic acids is 1. The van der Waals surface area contributed by atoms with Gasteiger partial charge in [-0.15, -0.1) is 0 Å². The van der Waals surface area contributed by atoms with E-state index in [0.29, 0.717) is 30.1 Å². The molecule has 5 heteroatoms. The highest BCUT2D eigenvalue weighted by Gasteiger charge is 2.67. The summed E-state index contributed by atoms with van der Waals surface area (Å²) in [5.74, 6) is -0.152. The van der Waals surface area contributed by atoms with Gasteiger partial charge in [-0.2, -0.15) is 0 Å². The predicted molar refractivity (Wildman–Crippen MR) is 110 cm³/mol. The Morgan fingerprint density at radius 1 is 1.00 bits per heavy atom. The number of aliphatic hydroxyl groups is 3. The summed E-state index contributed by atoms with van der Waals surface area (Å²) in [4.78, 5) is 11.1. The van der Waals surface area contributed by atoms with Crippen molar-refractivity contribution >= 4 is 5.97 Å². The number of carboxylic acids is 1. The summed E-state index contributed by atoms with van der Waals surface area (Å²) in [5.41, 5.74) is -0.412. The molecule has 4 aliphatic carbocycles. The Balaban J connectivity index is 1.58. The van der Waals surface area contributed by atoms with E-state index in [2.05, 4.69) is 13.8 Å². The van der Waals surface area contributed by atoms with Gasteiger partial charge in [-0.25, -0.2) is 0 Å². The maximum absolute atomic E-state index is 11.1. The van der Waals surface area contributed by atoms with E-state index in [4.69, 9.17) is 5.11 Å². The molecule has 4 rings (SSSR count). The lowest BCUT2D eigenvalue weighted by atomic mass is 9.43. The lowest BCUT2D eigenvalue weighted by Crippen LogP contribution is -2.68. The second kappa shape index (κ2) is 7.20. The first-order valence-electron chi connectivity index (χ1n) is 11.9. The molecule has 0 aliphatic heterocycles. The van der Waals surface area contributed by atoms with Crippen molar-refractivity contribution in [2.24, 2.45) is 46.3 Å². The van der Waals surface area contributed by atoms with E-state index in [9.17, 15) is 20.1 Å². The van der Waals surface area contributed by atoms with Crippen molar-refractivity contribution in [2.45, 2.75) is 96.9 Å². The minimum atomic E-state index is -2.00. The Kier molecular flexibility index (Phi) is 5.36. The molecule has 0 bridgehead atoms. The van der Waals surface area contributed by atoms with E-state index in [1.807, 2.05) is 6.92 Å². The molecule has 166 valence electrons. The third-order valence-corrected chi connectivity index (χ3v) is 10.5. The first-order chi connectivity index (χ1) is 13.5. The van der Waals surface area contributed by atoms with Crippen LogP contribution in [0.5, 0.6) is 0 Å². The lowest BCUT2D eigenvalue weighted by molar-refractivity contribution is -0.349. The number of carbonyl (C=O) groups is 1. The third kappa shape index (κ3) is 3.02. The van der Waals surface area contributed by atoms with Gasteiger partial charge in [-0.3, -0.25) is 4.79 Å². The van der Waals surface area contributed by atoms with Crippen LogP contribution in [-0.4, -0.2) is 38.3 Å². The van der Waals surface area contributed by atoms with Crippen LogP contribution in [0, 0.1) is 46.3 Å². The van der Waals surface area contributed by atoms with Gasteiger partial charge in [0.05, 0.1) is 0 Å². The van der Waals surface area contributed by atoms with Crippen molar-refractivity contribution in [1.29, 1.82) is 0 Å². The van der Waals surface area contributed by atoms with E-state index < -0.39 is 23.3 Å². The summed E-state index contributed by atoms with van der Waals surface area (Å²) in [6, 6.07) is 0. The van der Waals surface area contributed by atoms with Crippen LogP contribution >= 0.6 is 0 Å². The van der Waals surface area contributed by atoms with Crippen molar-refractivity contribution in [3.05, 3.63) is 0 Å². The number of rotatable bonds is 4. The lowest BCUT2D eigenvalue weighted by Gasteiger charge is -2.64. The van der Waals surface area contributed by atoms with Gasteiger partial charge in [0.25, 0.3) is 0 Å². The molecule has 1 unspecified atom stereocenters. The second-order valence-corrected chi connectivity index (χ2v) is 11.4. The van der Waals surface area contributed by atoms with Crippen molar-refractivity contribution in [1.82, 2.24) is 0 Å². The monoisotopic (exact) mass is 408 g/mol. The fourth-order valence-electron chi connectivity index (χ4n) is 8.90. The zero-order valence-corrected chi connectivity index (χ0v) is 18.3. The highest BCUT2D eigenvalue weighted by atomic mass is 16.5. The van der Waals surface area contributed by atoms with E-state index in [0.717, 1.165) is 44.9 Å². The summed E-state index contributed by atoms with van der Waals surface area (Å²) in [5, 5.41) is 41.6. The molecule has 0 radical (unpaired) electrons. The van der Waals surface area contributed by atoms with Gasteiger partial charge in [0, 0.05) is 11.8 Å². The van der Waals surface area contributed by atoms with E-state index in [-0.39, 0.29) is 23.7 Å².